The summed E-state index contributed by atoms with van der Waals surface area (Å²) >= 11 is 0. The molecule has 1 rings (SSSR count). The number of amidine groups is 1. The Morgan fingerprint density at radius 3 is 2.76 bits per heavy atom. The maximum absolute atomic E-state index is 7.58. The van der Waals surface area contributed by atoms with E-state index in [1.165, 1.54) is 5.56 Å². The minimum atomic E-state index is 0.110. The van der Waals surface area contributed by atoms with Crippen molar-refractivity contribution in [2.45, 2.75) is 13.3 Å². The second kappa shape index (κ2) is 6.25. The van der Waals surface area contributed by atoms with Gasteiger partial charge in [-0.2, -0.15) is 0 Å². The monoisotopic (exact) mass is 235 g/mol. The van der Waals surface area contributed by atoms with E-state index in [1.807, 2.05) is 26.1 Å². The number of nitrogen functional groups attached to an aromatic ring is 1. The van der Waals surface area contributed by atoms with Gasteiger partial charge in [-0.15, -0.1) is 0 Å². The number of benzene rings is 1. The number of hydrogen-bond donors (Lipinski definition) is 2. The molecule has 0 aromatic heterocycles. The van der Waals surface area contributed by atoms with Crippen molar-refractivity contribution in [3.8, 4) is 0 Å². The molecule has 0 bridgehead atoms. The molecule has 0 unspecified atom stereocenters. The molecule has 94 valence electrons. The Morgan fingerprint density at radius 1 is 1.47 bits per heavy atom. The highest BCUT2D eigenvalue weighted by Gasteiger charge is 2.09. The molecule has 0 fully saturated rings. The van der Waals surface area contributed by atoms with Gasteiger partial charge in [0.2, 0.25) is 0 Å². The van der Waals surface area contributed by atoms with Crippen LogP contribution in [0.1, 0.15) is 17.5 Å². The maximum Gasteiger partial charge on any atom is 0.124 e. The molecule has 0 radical (unpaired) electrons. The quantitative estimate of drug-likeness (QED) is 0.448. The third kappa shape index (κ3) is 3.75. The molecule has 4 nitrogen and oxygen atoms in total. The molecule has 0 saturated heterocycles. The van der Waals surface area contributed by atoms with Crippen LogP contribution in [0.3, 0.4) is 0 Å². The molecule has 0 heterocycles. The van der Waals surface area contributed by atoms with E-state index in [0.29, 0.717) is 0 Å². The van der Waals surface area contributed by atoms with Crippen LogP contribution in [-0.4, -0.2) is 33.1 Å². The van der Waals surface area contributed by atoms with Gasteiger partial charge in [-0.05, 0) is 31.0 Å². The van der Waals surface area contributed by atoms with E-state index in [2.05, 4.69) is 11.0 Å². The molecule has 0 aliphatic heterocycles. The van der Waals surface area contributed by atoms with Crippen molar-refractivity contribution < 1.29 is 4.74 Å². The van der Waals surface area contributed by atoms with Crippen LogP contribution < -0.4 is 10.6 Å². The summed E-state index contributed by atoms with van der Waals surface area (Å²) in [5.74, 6) is 0.110. The van der Waals surface area contributed by atoms with Crippen molar-refractivity contribution in [1.29, 1.82) is 5.41 Å². The van der Waals surface area contributed by atoms with Gasteiger partial charge in [0.15, 0.2) is 0 Å². The SMILES string of the molecule is COCCCN(C)c1cc(C)ccc1C(=N)N. The zero-order valence-electron chi connectivity index (χ0n) is 10.8. The summed E-state index contributed by atoms with van der Waals surface area (Å²) in [4.78, 5) is 2.11. The van der Waals surface area contributed by atoms with Gasteiger partial charge in [-0.3, -0.25) is 5.41 Å². The average Bonchev–Trinajstić information content (AvgIpc) is 2.28. The largest absolute Gasteiger partial charge is 0.385 e. The summed E-state index contributed by atoms with van der Waals surface area (Å²) in [6.07, 6.45) is 0.957. The Balaban J connectivity index is 2.86. The van der Waals surface area contributed by atoms with Gasteiger partial charge in [0.1, 0.15) is 5.84 Å². The Labute approximate surface area is 103 Å². The number of nitrogens with one attached hydrogen (secondary N) is 1. The van der Waals surface area contributed by atoms with Crippen molar-refractivity contribution in [2.75, 3.05) is 32.2 Å². The van der Waals surface area contributed by atoms with Crippen molar-refractivity contribution in [3.63, 3.8) is 0 Å². The minimum absolute atomic E-state index is 0.110. The summed E-state index contributed by atoms with van der Waals surface area (Å²) in [6, 6.07) is 5.94. The summed E-state index contributed by atoms with van der Waals surface area (Å²) < 4.78 is 5.04. The van der Waals surface area contributed by atoms with Crippen LogP contribution in [0.2, 0.25) is 0 Å². The summed E-state index contributed by atoms with van der Waals surface area (Å²) in [5, 5.41) is 7.58. The Kier molecular flexibility index (Phi) is 4.97. The first-order valence-electron chi connectivity index (χ1n) is 5.71. The molecular weight excluding hydrogens is 214 g/mol. The number of ether oxygens (including phenoxy) is 1. The smallest absolute Gasteiger partial charge is 0.124 e. The van der Waals surface area contributed by atoms with Gasteiger partial charge in [-0.1, -0.05) is 6.07 Å². The molecule has 4 heteroatoms. The molecule has 1 aromatic rings. The van der Waals surface area contributed by atoms with Gasteiger partial charge >= 0.3 is 0 Å². The highest BCUT2D eigenvalue weighted by atomic mass is 16.5. The number of hydrogen-bond acceptors (Lipinski definition) is 3. The molecule has 0 aliphatic rings. The number of rotatable bonds is 6. The van der Waals surface area contributed by atoms with Crippen LogP contribution in [0.4, 0.5) is 5.69 Å². The van der Waals surface area contributed by atoms with Gasteiger partial charge in [0.05, 0.1) is 0 Å². The highest BCUT2D eigenvalue weighted by molar-refractivity contribution is 6.00. The average molecular weight is 235 g/mol. The predicted molar refractivity (Wildman–Crippen MR) is 72.0 cm³/mol. The van der Waals surface area contributed by atoms with Crippen molar-refractivity contribution in [1.82, 2.24) is 0 Å². The van der Waals surface area contributed by atoms with Crippen molar-refractivity contribution in [2.24, 2.45) is 5.73 Å². The third-order valence-corrected chi connectivity index (χ3v) is 2.70. The molecule has 0 amide bonds. The van der Waals surface area contributed by atoms with Crippen LogP contribution in [-0.2, 0) is 4.74 Å². The number of aryl methyl sites for hydroxylation is 1. The van der Waals surface area contributed by atoms with E-state index in [1.54, 1.807) is 7.11 Å². The maximum atomic E-state index is 7.58. The fourth-order valence-corrected chi connectivity index (χ4v) is 1.75. The summed E-state index contributed by atoms with van der Waals surface area (Å²) in [5.41, 5.74) is 8.55. The number of nitrogens with zero attached hydrogens (tertiary/aromatic N) is 1. The first-order chi connectivity index (χ1) is 8.06. The lowest BCUT2D eigenvalue weighted by atomic mass is 10.1. The van der Waals surface area contributed by atoms with E-state index in [0.717, 1.165) is 30.8 Å². The second-order valence-corrected chi connectivity index (χ2v) is 4.20. The Morgan fingerprint density at radius 2 is 2.18 bits per heavy atom. The predicted octanol–water partition coefficient (Wildman–Crippen LogP) is 1.75. The van der Waals surface area contributed by atoms with Gasteiger partial charge in [0.25, 0.3) is 0 Å². The summed E-state index contributed by atoms with van der Waals surface area (Å²) in [7, 11) is 3.71. The molecule has 0 atom stereocenters. The van der Waals surface area contributed by atoms with E-state index in [9.17, 15) is 0 Å². The lowest BCUT2D eigenvalue weighted by molar-refractivity contribution is 0.196. The first kappa shape index (κ1) is 13.5. The molecule has 17 heavy (non-hydrogen) atoms. The van der Waals surface area contributed by atoms with Crippen molar-refractivity contribution in [3.05, 3.63) is 29.3 Å². The third-order valence-electron chi connectivity index (χ3n) is 2.70. The molecular formula is C13H21N3O. The number of methoxy groups -OCH3 is 1. The van der Waals surface area contributed by atoms with Gasteiger partial charge in [0, 0.05) is 38.6 Å². The number of nitrogens with two attached hydrogens (primary N) is 1. The topological polar surface area (TPSA) is 62.3 Å². The van der Waals surface area contributed by atoms with Crippen LogP contribution in [0, 0.1) is 12.3 Å². The van der Waals surface area contributed by atoms with E-state index in [-0.39, 0.29) is 5.84 Å². The van der Waals surface area contributed by atoms with E-state index in [4.69, 9.17) is 15.9 Å². The Bertz CT molecular complexity index is 390. The van der Waals surface area contributed by atoms with Crippen LogP contribution in [0.5, 0.6) is 0 Å². The minimum Gasteiger partial charge on any atom is -0.385 e. The standard InChI is InChI=1S/C13H21N3O/c1-10-5-6-11(13(14)15)12(9-10)16(2)7-4-8-17-3/h5-6,9H,4,7-8H2,1-3H3,(H3,14,15). The molecule has 3 N–H and O–H groups in total. The summed E-state index contributed by atoms with van der Waals surface area (Å²) in [6.45, 7) is 3.67. The molecule has 0 spiro atoms. The first-order valence-corrected chi connectivity index (χ1v) is 5.71. The van der Waals surface area contributed by atoms with Crippen LogP contribution >= 0.6 is 0 Å². The fraction of sp³-hybridized carbons (Fsp3) is 0.462. The number of anilines is 1. The fourth-order valence-electron chi connectivity index (χ4n) is 1.75. The normalized spacial score (nSPS) is 10.3. The molecule has 1 aromatic carbocycles. The van der Waals surface area contributed by atoms with E-state index >= 15 is 0 Å². The zero-order chi connectivity index (χ0) is 12.8. The lowest BCUT2D eigenvalue weighted by Gasteiger charge is -2.22. The van der Waals surface area contributed by atoms with Crippen LogP contribution in [0.25, 0.3) is 0 Å². The van der Waals surface area contributed by atoms with Crippen LogP contribution in [0.15, 0.2) is 18.2 Å². The highest BCUT2D eigenvalue weighted by Crippen LogP contribution is 2.21. The molecule has 0 saturated carbocycles. The van der Waals surface area contributed by atoms with Gasteiger partial charge < -0.3 is 15.4 Å². The second-order valence-electron chi connectivity index (χ2n) is 4.20. The Hall–Kier alpha value is -1.55. The van der Waals surface area contributed by atoms with Crippen molar-refractivity contribution >= 4 is 11.5 Å². The van der Waals surface area contributed by atoms with E-state index < -0.39 is 0 Å². The molecule has 0 aliphatic carbocycles. The van der Waals surface area contributed by atoms with Gasteiger partial charge in [-0.25, -0.2) is 0 Å². The lowest BCUT2D eigenvalue weighted by Crippen LogP contribution is -2.24. The zero-order valence-corrected chi connectivity index (χ0v) is 10.8.